The van der Waals surface area contributed by atoms with Crippen LogP contribution in [0.15, 0.2) is 55.0 Å². The van der Waals surface area contributed by atoms with Crippen LogP contribution < -0.4 is 0 Å². The van der Waals surface area contributed by atoms with Crippen LogP contribution in [0.25, 0.3) is 22.4 Å². The van der Waals surface area contributed by atoms with Crippen molar-refractivity contribution in [1.82, 2.24) is 14.8 Å². The molecule has 0 aliphatic rings. The first-order chi connectivity index (χ1) is 11.6. The second-order valence-electron chi connectivity index (χ2n) is 5.38. The van der Waals surface area contributed by atoms with Crippen LogP contribution in [0.4, 0.5) is 4.39 Å². The van der Waals surface area contributed by atoms with Crippen molar-refractivity contribution in [3.63, 3.8) is 0 Å². The first-order valence-corrected chi connectivity index (χ1v) is 7.58. The van der Waals surface area contributed by atoms with E-state index in [0.717, 1.165) is 16.7 Å². The third-order valence-corrected chi connectivity index (χ3v) is 3.83. The Bertz CT molecular complexity index is 844. The van der Waals surface area contributed by atoms with E-state index in [2.05, 4.69) is 10.1 Å². The van der Waals surface area contributed by atoms with Gasteiger partial charge >= 0.3 is 5.97 Å². The van der Waals surface area contributed by atoms with Gasteiger partial charge in [0.1, 0.15) is 17.6 Å². The minimum atomic E-state index is -0.938. The third kappa shape index (κ3) is 3.03. The molecule has 0 bridgehead atoms. The van der Waals surface area contributed by atoms with Gasteiger partial charge in [-0.1, -0.05) is 6.92 Å². The minimum absolute atomic E-state index is 0.333. The highest BCUT2D eigenvalue weighted by Crippen LogP contribution is 2.32. The molecule has 0 spiro atoms. The molecular formula is C18H16FN3O2. The number of aliphatic carboxylic acids is 1. The van der Waals surface area contributed by atoms with Gasteiger partial charge in [-0.3, -0.25) is 9.67 Å². The lowest BCUT2D eigenvalue weighted by molar-refractivity contribution is -0.141. The van der Waals surface area contributed by atoms with Crippen LogP contribution >= 0.6 is 0 Å². The van der Waals surface area contributed by atoms with Gasteiger partial charge in [0.15, 0.2) is 0 Å². The Hall–Kier alpha value is -3.02. The summed E-state index contributed by atoms with van der Waals surface area (Å²) < 4.78 is 14.7. The molecule has 3 aromatic rings. The third-order valence-electron chi connectivity index (χ3n) is 3.83. The number of hydrogen-bond acceptors (Lipinski definition) is 3. The number of carboxylic acids is 1. The molecule has 122 valence electrons. The van der Waals surface area contributed by atoms with Gasteiger partial charge in [0.25, 0.3) is 0 Å². The van der Waals surface area contributed by atoms with E-state index < -0.39 is 12.0 Å². The van der Waals surface area contributed by atoms with Crippen LogP contribution in [0.2, 0.25) is 0 Å². The van der Waals surface area contributed by atoms with E-state index in [1.54, 1.807) is 37.6 Å². The van der Waals surface area contributed by atoms with Crippen molar-refractivity contribution >= 4 is 5.97 Å². The Labute approximate surface area is 138 Å². The summed E-state index contributed by atoms with van der Waals surface area (Å²) in [6.45, 7) is 1.80. The van der Waals surface area contributed by atoms with Crippen molar-refractivity contribution in [2.75, 3.05) is 0 Å². The van der Waals surface area contributed by atoms with Crippen molar-refractivity contribution in [3.05, 3.63) is 60.8 Å². The van der Waals surface area contributed by atoms with Gasteiger partial charge in [-0.25, -0.2) is 9.18 Å². The van der Waals surface area contributed by atoms with E-state index in [4.69, 9.17) is 0 Å². The molecule has 0 saturated carbocycles. The Morgan fingerprint density at radius 1 is 1.17 bits per heavy atom. The zero-order valence-corrected chi connectivity index (χ0v) is 13.1. The number of nitrogens with zero attached hydrogens (tertiary/aromatic N) is 3. The topological polar surface area (TPSA) is 68.0 Å². The first kappa shape index (κ1) is 15.9. The number of carbonyl (C=O) groups is 1. The lowest BCUT2D eigenvalue weighted by Crippen LogP contribution is -2.18. The molecule has 0 radical (unpaired) electrons. The summed E-state index contributed by atoms with van der Waals surface area (Å²) in [5, 5.41) is 13.9. The van der Waals surface area contributed by atoms with Gasteiger partial charge in [0, 0.05) is 29.7 Å². The van der Waals surface area contributed by atoms with Crippen LogP contribution in [0.1, 0.15) is 19.4 Å². The van der Waals surface area contributed by atoms with Crippen molar-refractivity contribution in [1.29, 1.82) is 0 Å². The molecule has 0 aliphatic heterocycles. The second-order valence-corrected chi connectivity index (χ2v) is 5.38. The van der Waals surface area contributed by atoms with Gasteiger partial charge in [-0.2, -0.15) is 5.10 Å². The number of carboxylic acid groups (broad SMARTS) is 1. The summed E-state index contributed by atoms with van der Waals surface area (Å²) in [4.78, 5) is 15.4. The summed E-state index contributed by atoms with van der Waals surface area (Å²) >= 11 is 0. The standard InChI is InChI=1S/C18H16FN3O2/c1-2-16(18(23)24)22-11-15(12-7-9-20-10-8-12)17(21-22)13-3-5-14(19)6-4-13/h3-11,16H,2H2,1H3,(H,23,24). The van der Waals surface area contributed by atoms with Crippen LogP contribution in [-0.4, -0.2) is 25.8 Å². The van der Waals surface area contributed by atoms with Crippen LogP contribution in [0, 0.1) is 5.82 Å². The smallest absolute Gasteiger partial charge is 0.328 e. The molecule has 0 fully saturated rings. The highest BCUT2D eigenvalue weighted by atomic mass is 19.1. The summed E-state index contributed by atoms with van der Waals surface area (Å²) in [7, 11) is 0. The number of aromatic nitrogens is 3. The predicted octanol–water partition coefficient (Wildman–Crippen LogP) is 3.79. The molecule has 2 aromatic heterocycles. The highest BCUT2D eigenvalue weighted by Gasteiger charge is 2.22. The number of rotatable bonds is 5. The molecule has 1 atom stereocenters. The summed E-state index contributed by atoms with van der Waals surface area (Å²) in [6.07, 6.45) is 5.46. The second kappa shape index (κ2) is 6.62. The molecule has 2 heterocycles. The van der Waals surface area contributed by atoms with Gasteiger partial charge in [-0.15, -0.1) is 0 Å². The van der Waals surface area contributed by atoms with Crippen molar-refractivity contribution in [2.24, 2.45) is 0 Å². The highest BCUT2D eigenvalue weighted by molar-refractivity contribution is 5.81. The van der Waals surface area contributed by atoms with E-state index in [1.165, 1.54) is 16.8 Å². The Morgan fingerprint density at radius 3 is 2.42 bits per heavy atom. The Kier molecular flexibility index (Phi) is 4.37. The number of pyridine rings is 1. The van der Waals surface area contributed by atoms with Crippen molar-refractivity contribution < 1.29 is 14.3 Å². The van der Waals surface area contributed by atoms with E-state index in [-0.39, 0.29) is 5.82 Å². The van der Waals surface area contributed by atoms with Gasteiger partial charge < -0.3 is 5.11 Å². The number of hydrogen-bond donors (Lipinski definition) is 1. The average molecular weight is 325 g/mol. The molecule has 1 N–H and O–H groups in total. The molecule has 5 nitrogen and oxygen atoms in total. The van der Waals surface area contributed by atoms with E-state index in [1.807, 2.05) is 12.1 Å². The minimum Gasteiger partial charge on any atom is -0.480 e. The lowest BCUT2D eigenvalue weighted by Gasteiger charge is -2.09. The van der Waals surface area contributed by atoms with Crippen molar-refractivity contribution in [3.8, 4) is 22.4 Å². The quantitative estimate of drug-likeness (QED) is 0.775. The Balaban J connectivity index is 2.16. The SMILES string of the molecule is CCC(C(=O)O)n1cc(-c2ccncc2)c(-c2ccc(F)cc2)n1. The lowest BCUT2D eigenvalue weighted by atomic mass is 10.0. The largest absolute Gasteiger partial charge is 0.480 e. The normalized spacial score (nSPS) is 12.1. The molecule has 24 heavy (non-hydrogen) atoms. The van der Waals surface area contributed by atoms with E-state index in [9.17, 15) is 14.3 Å². The van der Waals surface area contributed by atoms with Gasteiger partial charge in [-0.05, 0) is 48.4 Å². The van der Waals surface area contributed by atoms with E-state index >= 15 is 0 Å². The molecule has 6 heteroatoms. The maximum atomic E-state index is 13.2. The molecule has 0 amide bonds. The number of halogens is 1. The van der Waals surface area contributed by atoms with E-state index in [0.29, 0.717) is 12.1 Å². The summed E-state index contributed by atoms with van der Waals surface area (Å²) in [5.41, 5.74) is 2.99. The molecule has 3 rings (SSSR count). The fraction of sp³-hybridized carbons (Fsp3) is 0.167. The van der Waals surface area contributed by atoms with Crippen molar-refractivity contribution in [2.45, 2.75) is 19.4 Å². The number of benzene rings is 1. The zero-order valence-electron chi connectivity index (χ0n) is 13.1. The fourth-order valence-electron chi connectivity index (χ4n) is 2.59. The average Bonchev–Trinajstić information content (AvgIpc) is 3.01. The molecular weight excluding hydrogens is 309 g/mol. The molecule has 0 aliphatic carbocycles. The summed E-state index contributed by atoms with van der Waals surface area (Å²) in [6, 6.07) is 8.90. The Morgan fingerprint density at radius 2 is 1.83 bits per heavy atom. The zero-order chi connectivity index (χ0) is 17.1. The maximum absolute atomic E-state index is 13.2. The van der Waals surface area contributed by atoms with Crippen LogP contribution in [0.3, 0.4) is 0 Å². The molecule has 0 saturated heterocycles. The molecule has 1 unspecified atom stereocenters. The maximum Gasteiger partial charge on any atom is 0.328 e. The monoisotopic (exact) mass is 325 g/mol. The van der Waals surface area contributed by atoms with Crippen LogP contribution in [-0.2, 0) is 4.79 Å². The fourth-order valence-corrected chi connectivity index (χ4v) is 2.59. The summed E-state index contributed by atoms with van der Waals surface area (Å²) in [5.74, 6) is -1.27. The van der Waals surface area contributed by atoms with Gasteiger partial charge in [0.05, 0.1) is 0 Å². The van der Waals surface area contributed by atoms with Gasteiger partial charge in [0.2, 0.25) is 0 Å². The first-order valence-electron chi connectivity index (χ1n) is 7.58. The molecule has 1 aromatic carbocycles. The van der Waals surface area contributed by atoms with Crippen LogP contribution in [0.5, 0.6) is 0 Å². The predicted molar refractivity (Wildman–Crippen MR) is 87.8 cm³/mol.